The number of hydrogen-bond donors (Lipinski definition) is 1. The average molecular weight is 429 g/mol. The van der Waals surface area contributed by atoms with Crippen molar-refractivity contribution in [1.29, 1.82) is 0 Å². The molecule has 1 aliphatic heterocycles. The van der Waals surface area contributed by atoms with E-state index in [2.05, 4.69) is 25.3 Å². The van der Waals surface area contributed by atoms with Crippen LogP contribution in [0.2, 0.25) is 0 Å². The van der Waals surface area contributed by atoms with Crippen molar-refractivity contribution in [2.24, 2.45) is 0 Å². The first-order chi connectivity index (χ1) is 15.0. The summed E-state index contributed by atoms with van der Waals surface area (Å²) in [4.78, 5) is 9.45. The van der Waals surface area contributed by atoms with Gasteiger partial charge in [-0.25, -0.2) is 9.50 Å². The number of nitrogens with one attached hydrogen (secondary N) is 1. The van der Waals surface area contributed by atoms with Crippen LogP contribution in [0.15, 0.2) is 35.0 Å². The van der Waals surface area contributed by atoms with Crippen LogP contribution in [0.1, 0.15) is 59.9 Å². The third-order valence-corrected chi connectivity index (χ3v) is 6.13. The highest BCUT2D eigenvalue weighted by Crippen LogP contribution is 2.40. The Morgan fingerprint density at radius 3 is 2.81 bits per heavy atom. The lowest BCUT2D eigenvalue weighted by atomic mass is 9.85. The van der Waals surface area contributed by atoms with Gasteiger partial charge in [0.25, 0.3) is 0 Å². The number of halogens is 3. The zero-order chi connectivity index (χ0) is 21.2. The second-order valence-corrected chi connectivity index (χ2v) is 7.98. The van der Waals surface area contributed by atoms with Gasteiger partial charge in [-0.2, -0.15) is 18.3 Å². The number of rotatable bonds is 3. The smallest absolute Gasteiger partial charge is 0.408 e. The lowest BCUT2D eigenvalue weighted by Gasteiger charge is -2.32. The zero-order valence-electron chi connectivity index (χ0n) is 16.3. The van der Waals surface area contributed by atoms with E-state index in [0.717, 1.165) is 35.5 Å². The van der Waals surface area contributed by atoms with Crippen molar-refractivity contribution in [2.75, 3.05) is 11.4 Å². The molecule has 0 saturated heterocycles. The first-order valence-electron chi connectivity index (χ1n) is 10.2. The number of anilines is 1. The van der Waals surface area contributed by atoms with E-state index in [4.69, 9.17) is 4.42 Å². The van der Waals surface area contributed by atoms with Gasteiger partial charge in [-0.15, -0.1) is 5.10 Å². The second kappa shape index (κ2) is 6.56. The van der Waals surface area contributed by atoms with Crippen LogP contribution in [-0.4, -0.2) is 36.3 Å². The van der Waals surface area contributed by atoms with Gasteiger partial charge < -0.3 is 14.3 Å². The van der Waals surface area contributed by atoms with E-state index in [1.54, 1.807) is 18.5 Å². The number of aromatic nitrogens is 6. The molecule has 0 radical (unpaired) electrons. The van der Waals surface area contributed by atoms with Gasteiger partial charge in [0.05, 0.1) is 23.2 Å². The topological polar surface area (TPSA) is 88.1 Å². The maximum absolute atomic E-state index is 13.5. The maximum Gasteiger partial charge on any atom is 0.433 e. The van der Waals surface area contributed by atoms with Gasteiger partial charge in [-0.05, 0) is 31.0 Å². The number of imidazole rings is 1. The van der Waals surface area contributed by atoms with Crippen molar-refractivity contribution in [2.45, 2.75) is 43.8 Å². The number of H-pyrrole nitrogens is 1. The van der Waals surface area contributed by atoms with Crippen molar-refractivity contribution in [3.05, 3.63) is 59.3 Å². The Labute approximate surface area is 174 Å². The zero-order valence-corrected chi connectivity index (χ0v) is 16.3. The van der Waals surface area contributed by atoms with Gasteiger partial charge in [-0.1, -0.05) is 17.6 Å². The molecule has 6 rings (SSSR count). The van der Waals surface area contributed by atoms with Crippen LogP contribution in [0.5, 0.6) is 0 Å². The highest BCUT2D eigenvalue weighted by molar-refractivity contribution is 5.53. The molecule has 2 aliphatic rings. The van der Waals surface area contributed by atoms with E-state index < -0.39 is 17.9 Å². The van der Waals surface area contributed by atoms with Crippen molar-refractivity contribution >= 4 is 11.5 Å². The largest absolute Gasteiger partial charge is 0.433 e. The van der Waals surface area contributed by atoms with Crippen molar-refractivity contribution in [3.8, 4) is 0 Å². The van der Waals surface area contributed by atoms with E-state index in [1.807, 2.05) is 4.90 Å². The Morgan fingerprint density at radius 2 is 2.03 bits per heavy atom. The van der Waals surface area contributed by atoms with Gasteiger partial charge in [0.15, 0.2) is 0 Å². The molecule has 0 amide bonds. The number of alkyl halides is 3. The van der Waals surface area contributed by atoms with Gasteiger partial charge in [-0.3, -0.25) is 0 Å². The minimum absolute atomic E-state index is 0.287. The molecule has 160 valence electrons. The van der Waals surface area contributed by atoms with Crippen molar-refractivity contribution < 1.29 is 17.6 Å². The van der Waals surface area contributed by atoms with E-state index in [0.29, 0.717) is 41.8 Å². The molecule has 1 atom stereocenters. The fraction of sp³-hybridized carbons (Fsp3) is 0.400. The predicted molar refractivity (Wildman–Crippen MR) is 103 cm³/mol. The Balaban J connectivity index is 1.46. The molecule has 31 heavy (non-hydrogen) atoms. The Bertz CT molecular complexity index is 1250. The third-order valence-electron chi connectivity index (χ3n) is 6.13. The molecule has 0 spiro atoms. The normalized spacial score (nSPS) is 19.6. The van der Waals surface area contributed by atoms with E-state index in [9.17, 15) is 13.2 Å². The van der Waals surface area contributed by atoms with Crippen LogP contribution in [0, 0.1) is 0 Å². The monoisotopic (exact) mass is 429 g/mol. The van der Waals surface area contributed by atoms with Crippen LogP contribution >= 0.6 is 0 Å². The fourth-order valence-electron chi connectivity index (χ4n) is 4.33. The lowest BCUT2D eigenvalue weighted by Crippen LogP contribution is -2.37. The summed E-state index contributed by atoms with van der Waals surface area (Å²) in [6, 6.07) is 5.46. The number of aromatic amines is 1. The molecule has 1 N–H and O–H groups in total. The summed E-state index contributed by atoms with van der Waals surface area (Å²) in [6.45, 7) is 0.548. The van der Waals surface area contributed by atoms with Crippen LogP contribution in [0.3, 0.4) is 0 Å². The van der Waals surface area contributed by atoms with Crippen LogP contribution in [0.4, 0.5) is 19.2 Å². The maximum atomic E-state index is 13.5. The van der Waals surface area contributed by atoms with Gasteiger partial charge >= 0.3 is 12.2 Å². The molecule has 1 saturated carbocycles. The quantitative estimate of drug-likeness (QED) is 0.532. The van der Waals surface area contributed by atoms with E-state index >= 15 is 0 Å². The summed E-state index contributed by atoms with van der Waals surface area (Å²) >= 11 is 0. The number of pyridine rings is 1. The molecule has 0 aromatic carbocycles. The summed E-state index contributed by atoms with van der Waals surface area (Å²) in [6.07, 6.45) is 0.952. The Hall–Kier alpha value is -3.37. The summed E-state index contributed by atoms with van der Waals surface area (Å²) in [5.41, 5.74) is 1.59. The molecule has 1 aliphatic carbocycles. The van der Waals surface area contributed by atoms with Gasteiger partial charge in [0.2, 0.25) is 5.89 Å². The van der Waals surface area contributed by atoms with E-state index in [-0.39, 0.29) is 5.92 Å². The SMILES string of the molecule is FC(F)(F)c1cccc2cc(C3c4nc[nH]c4CCN3c3nnc(C4CCC4)o3)nn12. The van der Waals surface area contributed by atoms with Crippen LogP contribution in [0.25, 0.3) is 5.52 Å². The minimum atomic E-state index is -4.52. The minimum Gasteiger partial charge on any atom is -0.408 e. The van der Waals surface area contributed by atoms with Crippen LogP contribution in [-0.2, 0) is 12.6 Å². The highest BCUT2D eigenvalue weighted by atomic mass is 19.4. The van der Waals surface area contributed by atoms with E-state index in [1.165, 1.54) is 6.07 Å². The van der Waals surface area contributed by atoms with Gasteiger partial charge in [0, 0.05) is 24.6 Å². The van der Waals surface area contributed by atoms with Crippen LogP contribution < -0.4 is 4.90 Å². The number of hydrogen-bond acceptors (Lipinski definition) is 6. The summed E-state index contributed by atoms with van der Waals surface area (Å²) in [5.74, 6) is 0.900. The molecular formula is C20H18F3N7O. The third kappa shape index (κ3) is 2.90. The molecule has 4 aromatic rings. The predicted octanol–water partition coefficient (Wildman–Crippen LogP) is 3.88. The van der Waals surface area contributed by atoms with Gasteiger partial charge in [0.1, 0.15) is 11.7 Å². The first-order valence-corrected chi connectivity index (χ1v) is 10.2. The summed E-state index contributed by atoms with van der Waals surface area (Å²) in [7, 11) is 0. The standard InChI is InChI=1S/C20H18F3N7O/c21-20(22,23)15-6-2-5-12-9-14(28-30(12)15)17-16-13(24-10-25-16)7-8-29(17)19-27-26-18(31-19)11-3-1-4-11/h2,5-6,9-11,17H,1,3-4,7-8H2,(H,24,25). The highest BCUT2D eigenvalue weighted by Gasteiger charge is 2.38. The number of fused-ring (bicyclic) bond motifs is 2. The molecule has 0 bridgehead atoms. The molecular weight excluding hydrogens is 411 g/mol. The number of nitrogens with zero attached hydrogens (tertiary/aromatic N) is 6. The van der Waals surface area contributed by atoms with Crippen molar-refractivity contribution in [1.82, 2.24) is 29.8 Å². The second-order valence-electron chi connectivity index (χ2n) is 7.98. The fourth-order valence-corrected chi connectivity index (χ4v) is 4.33. The lowest BCUT2D eigenvalue weighted by molar-refractivity contribution is -0.142. The summed E-state index contributed by atoms with van der Waals surface area (Å²) in [5, 5.41) is 12.8. The average Bonchev–Trinajstić information content (AvgIpc) is 3.43. The molecule has 8 nitrogen and oxygen atoms in total. The van der Waals surface area contributed by atoms with Crippen molar-refractivity contribution in [3.63, 3.8) is 0 Å². The summed E-state index contributed by atoms with van der Waals surface area (Å²) < 4.78 is 47.4. The molecule has 5 heterocycles. The molecule has 1 unspecified atom stereocenters. The molecule has 4 aromatic heterocycles. The Kier molecular flexibility index (Phi) is 3.90. The first kappa shape index (κ1) is 18.4. The Morgan fingerprint density at radius 1 is 1.16 bits per heavy atom. The molecule has 11 heteroatoms. The molecule has 1 fully saturated rings.